The molecule has 0 saturated carbocycles. The van der Waals surface area contributed by atoms with Crippen molar-refractivity contribution in [1.82, 2.24) is 4.98 Å². The first kappa shape index (κ1) is 8.49. The van der Waals surface area contributed by atoms with Crippen LogP contribution in [0, 0.1) is 0 Å². The number of aliphatic hydroxyl groups excluding tert-OH is 1. The van der Waals surface area contributed by atoms with Crippen LogP contribution >= 0.6 is 11.3 Å². The third-order valence-corrected chi connectivity index (χ3v) is 2.65. The molecule has 0 spiro atoms. The average Bonchev–Trinajstić information content (AvgIpc) is 2.30. The SMILES string of the molecule is CC(C)c1sc(N)nc1CO. The Labute approximate surface area is 69.9 Å². The lowest BCUT2D eigenvalue weighted by atomic mass is 10.1. The van der Waals surface area contributed by atoms with Gasteiger partial charge in [-0.1, -0.05) is 13.8 Å². The Balaban J connectivity index is 3.02. The lowest BCUT2D eigenvalue weighted by molar-refractivity contribution is 0.276. The number of nitrogens with two attached hydrogens (primary N) is 1. The molecular weight excluding hydrogens is 160 g/mol. The smallest absolute Gasteiger partial charge is 0.180 e. The number of anilines is 1. The Bertz CT molecular complexity index is 245. The van der Waals surface area contributed by atoms with Gasteiger partial charge in [0.2, 0.25) is 0 Å². The quantitative estimate of drug-likeness (QED) is 0.707. The Kier molecular flexibility index (Phi) is 2.46. The summed E-state index contributed by atoms with van der Waals surface area (Å²) in [6.07, 6.45) is 0. The van der Waals surface area contributed by atoms with E-state index in [1.165, 1.54) is 11.3 Å². The first-order valence-electron chi connectivity index (χ1n) is 3.51. The van der Waals surface area contributed by atoms with E-state index in [1.54, 1.807) is 0 Å². The number of thiazole rings is 1. The van der Waals surface area contributed by atoms with E-state index in [4.69, 9.17) is 10.8 Å². The van der Waals surface area contributed by atoms with E-state index >= 15 is 0 Å². The van der Waals surface area contributed by atoms with Crippen LogP contribution in [0.25, 0.3) is 0 Å². The van der Waals surface area contributed by atoms with E-state index in [2.05, 4.69) is 18.8 Å². The molecule has 0 unspecified atom stereocenters. The molecule has 11 heavy (non-hydrogen) atoms. The molecule has 1 aromatic heterocycles. The van der Waals surface area contributed by atoms with Crippen LogP contribution < -0.4 is 5.73 Å². The molecule has 3 nitrogen and oxygen atoms in total. The summed E-state index contributed by atoms with van der Waals surface area (Å²) in [6.45, 7) is 4.11. The molecule has 1 aromatic rings. The molecule has 0 bridgehead atoms. The fraction of sp³-hybridized carbons (Fsp3) is 0.571. The molecule has 0 aliphatic heterocycles. The number of hydrogen-bond donors (Lipinski definition) is 2. The van der Waals surface area contributed by atoms with Gasteiger partial charge >= 0.3 is 0 Å². The third-order valence-electron chi connectivity index (χ3n) is 1.42. The molecule has 0 fully saturated rings. The van der Waals surface area contributed by atoms with Crippen LogP contribution in [-0.2, 0) is 6.61 Å². The molecule has 62 valence electrons. The van der Waals surface area contributed by atoms with Crippen LogP contribution in [0.15, 0.2) is 0 Å². The van der Waals surface area contributed by atoms with E-state index < -0.39 is 0 Å². The van der Waals surface area contributed by atoms with E-state index in [9.17, 15) is 0 Å². The molecule has 0 atom stereocenters. The number of nitrogen functional groups attached to an aromatic ring is 1. The Morgan fingerprint density at radius 1 is 1.64 bits per heavy atom. The van der Waals surface area contributed by atoms with Crippen LogP contribution in [0.1, 0.15) is 30.3 Å². The highest BCUT2D eigenvalue weighted by atomic mass is 32.1. The Morgan fingerprint density at radius 2 is 2.27 bits per heavy atom. The van der Waals surface area contributed by atoms with E-state index in [0.717, 1.165) is 10.6 Å². The van der Waals surface area contributed by atoms with Gasteiger partial charge in [-0.2, -0.15) is 0 Å². The number of aliphatic hydroxyl groups is 1. The summed E-state index contributed by atoms with van der Waals surface area (Å²) >= 11 is 1.45. The van der Waals surface area contributed by atoms with Crippen molar-refractivity contribution < 1.29 is 5.11 Å². The number of rotatable bonds is 2. The molecule has 1 heterocycles. The zero-order valence-corrected chi connectivity index (χ0v) is 7.48. The molecular formula is C7H12N2OS. The van der Waals surface area contributed by atoms with Crippen molar-refractivity contribution in [2.24, 2.45) is 0 Å². The van der Waals surface area contributed by atoms with Gasteiger partial charge in [0.05, 0.1) is 12.3 Å². The zero-order chi connectivity index (χ0) is 8.43. The second-order valence-electron chi connectivity index (χ2n) is 2.68. The van der Waals surface area contributed by atoms with Gasteiger partial charge < -0.3 is 10.8 Å². The maximum Gasteiger partial charge on any atom is 0.180 e. The van der Waals surface area contributed by atoms with Crippen LogP contribution in [0.3, 0.4) is 0 Å². The fourth-order valence-electron chi connectivity index (χ4n) is 0.947. The Morgan fingerprint density at radius 3 is 2.64 bits per heavy atom. The summed E-state index contributed by atoms with van der Waals surface area (Å²) < 4.78 is 0. The first-order chi connectivity index (χ1) is 5.15. The van der Waals surface area contributed by atoms with Crippen molar-refractivity contribution in [2.75, 3.05) is 5.73 Å². The molecule has 4 heteroatoms. The van der Waals surface area contributed by atoms with Gasteiger partial charge in [0.25, 0.3) is 0 Å². The fourth-order valence-corrected chi connectivity index (χ4v) is 1.79. The molecule has 1 rings (SSSR count). The van der Waals surface area contributed by atoms with Crippen LogP contribution in [-0.4, -0.2) is 10.1 Å². The summed E-state index contributed by atoms with van der Waals surface area (Å²) in [5.41, 5.74) is 6.21. The Hall–Kier alpha value is -0.610. The maximum atomic E-state index is 8.87. The van der Waals surface area contributed by atoms with Crippen molar-refractivity contribution in [3.63, 3.8) is 0 Å². The topological polar surface area (TPSA) is 59.1 Å². The van der Waals surface area contributed by atoms with Gasteiger partial charge in [-0.15, -0.1) is 11.3 Å². The first-order valence-corrected chi connectivity index (χ1v) is 4.32. The molecule has 0 aliphatic rings. The maximum absolute atomic E-state index is 8.87. The van der Waals surface area contributed by atoms with Gasteiger partial charge in [0, 0.05) is 4.88 Å². The number of hydrogen-bond acceptors (Lipinski definition) is 4. The molecule has 0 aliphatic carbocycles. The van der Waals surface area contributed by atoms with Crippen molar-refractivity contribution in [3.05, 3.63) is 10.6 Å². The van der Waals surface area contributed by atoms with E-state index in [0.29, 0.717) is 11.0 Å². The van der Waals surface area contributed by atoms with Gasteiger partial charge in [-0.3, -0.25) is 0 Å². The second-order valence-corrected chi connectivity index (χ2v) is 3.74. The van der Waals surface area contributed by atoms with E-state index in [-0.39, 0.29) is 6.61 Å². The largest absolute Gasteiger partial charge is 0.390 e. The van der Waals surface area contributed by atoms with Gasteiger partial charge in [0.15, 0.2) is 5.13 Å². The highest BCUT2D eigenvalue weighted by Crippen LogP contribution is 2.27. The van der Waals surface area contributed by atoms with Crippen LogP contribution in [0.5, 0.6) is 0 Å². The summed E-state index contributed by atoms with van der Waals surface area (Å²) in [6, 6.07) is 0. The minimum atomic E-state index is -0.0127. The number of aromatic nitrogens is 1. The zero-order valence-electron chi connectivity index (χ0n) is 6.66. The van der Waals surface area contributed by atoms with Crippen LogP contribution in [0.2, 0.25) is 0 Å². The lowest BCUT2D eigenvalue weighted by Crippen LogP contribution is -1.92. The summed E-state index contributed by atoms with van der Waals surface area (Å²) in [4.78, 5) is 5.08. The van der Waals surface area contributed by atoms with Crippen LogP contribution in [0.4, 0.5) is 5.13 Å². The second kappa shape index (κ2) is 3.19. The molecule has 3 N–H and O–H groups in total. The summed E-state index contributed by atoms with van der Waals surface area (Å²) in [7, 11) is 0. The minimum absolute atomic E-state index is 0.0127. The van der Waals surface area contributed by atoms with Gasteiger partial charge in [-0.25, -0.2) is 4.98 Å². The molecule has 0 saturated heterocycles. The molecule has 0 aromatic carbocycles. The van der Waals surface area contributed by atoms with E-state index in [1.807, 2.05) is 0 Å². The lowest BCUT2D eigenvalue weighted by Gasteiger charge is -2.00. The highest BCUT2D eigenvalue weighted by molar-refractivity contribution is 7.15. The monoisotopic (exact) mass is 172 g/mol. The molecule has 0 amide bonds. The van der Waals surface area contributed by atoms with Crippen molar-refractivity contribution in [2.45, 2.75) is 26.4 Å². The van der Waals surface area contributed by atoms with Crippen molar-refractivity contribution in [1.29, 1.82) is 0 Å². The average molecular weight is 172 g/mol. The number of nitrogens with zero attached hydrogens (tertiary/aromatic N) is 1. The minimum Gasteiger partial charge on any atom is -0.390 e. The van der Waals surface area contributed by atoms with Crippen molar-refractivity contribution >= 4 is 16.5 Å². The predicted octanol–water partition coefficient (Wildman–Crippen LogP) is 1.34. The normalized spacial score (nSPS) is 10.9. The van der Waals surface area contributed by atoms with Gasteiger partial charge in [0.1, 0.15) is 0 Å². The summed E-state index contributed by atoms with van der Waals surface area (Å²) in [5, 5.41) is 9.41. The van der Waals surface area contributed by atoms with Gasteiger partial charge in [-0.05, 0) is 5.92 Å². The predicted molar refractivity (Wildman–Crippen MR) is 46.5 cm³/mol. The third kappa shape index (κ3) is 1.70. The molecule has 0 radical (unpaired) electrons. The summed E-state index contributed by atoms with van der Waals surface area (Å²) in [5.74, 6) is 0.395. The highest BCUT2D eigenvalue weighted by Gasteiger charge is 2.10. The van der Waals surface area contributed by atoms with Crippen molar-refractivity contribution in [3.8, 4) is 0 Å². The standard InChI is InChI=1S/C7H12N2OS/c1-4(2)6-5(3-10)9-7(8)11-6/h4,10H,3H2,1-2H3,(H2,8,9).